The van der Waals surface area contributed by atoms with Crippen molar-refractivity contribution >= 4 is 6.09 Å². The summed E-state index contributed by atoms with van der Waals surface area (Å²) < 4.78 is 5.50. The molecule has 2 heterocycles. The summed E-state index contributed by atoms with van der Waals surface area (Å²) in [6.45, 7) is 11.6. The van der Waals surface area contributed by atoms with Gasteiger partial charge in [0.15, 0.2) is 0 Å². The third-order valence-electron chi connectivity index (χ3n) is 4.32. The molecule has 1 saturated heterocycles. The number of hydrogen-bond donors (Lipinski definition) is 2. The van der Waals surface area contributed by atoms with Crippen LogP contribution in [0.15, 0.2) is 12.3 Å². The molecule has 3 unspecified atom stereocenters. The summed E-state index contributed by atoms with van der Waals surface area (Å²) in [6.07, 6.45) is 3.72. The number of carbonyl (C=O) groups is 1. The summed E-state index contributed by atoms with van der Waals surface area (Å²) in [5, 5.41) is 10.6. The second-order valence-corrected chi connectivity index (χ2v) is 7.52. The van der Waals surface area contributed by atoms with Crippen molar-refractivity contribution in [2.75, 3.05) is 13.1 Å². The minimum Gasteiger partial charge on any atom is -0.444 e. The number of carbonyl (C=O) groups excluding carboxylic acids is 1. The zero-order valence-corrected chi connectivity index (χ0v) is 14.9. The number of H-pyrrole nitrogens is 1. The maximum atomic E-state index is 12.3. The van der Waals surface area contributed by atoms with Crippen LogP contribution >= 0.6 is 0 Å². The summed E-state index contributed by atoms with van der Waals surface area (Å²) >= 11 is 0. The van der Waals surface area contributed by atoms with Crippen molar-refractivity contribution < 1.29 is 9.53 Å². The van der Waals surface area contributed by atoms with E-state index in [2.05, 4.69) is 29.4 Å². The van der Waals surface area contributed by atoms with Gasteiger partial charge in [-0.3, -0.25) is 5.10 Å². The van der Waals surface area contributed by atoms with E-state index in [1.807, 2.05) is 31.7 Å². The fraction of sp³-hybridized carbons (Fsp3) is 0.765. The van der Waals surface area contributed by atoms with Crippen LogP contribution in [0.2, 0.25) is 0 Å². The first-order chi connectivity index (χ1) is 10.8. The molecule has 0 spiro atoms. The van der Waals surface area contributed by atoms with E-state index < -0.39 is 5.60 Å². The van der Waals surface area contributed by atoms with Gasteiger partial charge in [-0.1, -0.05) is 0 Å². The van der Waals surface area contributed by atoms with Crippen LogP contribution in [0.1, 0.15) is 59.2 Å². The van der Waals surface area contributed by atoms with Crippen LogP contribution in [0.4, 0.5) is 4.79 Å². The number of likely N-dealkylation sites (tertiary alicyclic amines) is 1. The second kappa shape index (κ2) is 7.34. The summed E-state index contributed by atoms with van der Waals surface area (Å²) in [7, 11) is 0. The maximum absolute atomic E-state index is 12.3. The number of nitrogens with one attached hydrogen (secondary N) is 2. The van der Waals surface area contributed by atoms with Crippen LogP contribution in [0.5, 0.6) is 0 Å². The van der Waals surface area contributed by atoms with Crippen LogP contribution in [-0.2, 0) is 4.74 Å². The molecule has 1 aromatic heterocycles. The highest BCUT2D eigenvalue weighted by Gasteiger charge is 2.30. The first-order valence-corrected chi connectivity index (χ1v) is 8.49. The lowest BCUT2D eigenvalue weighted by atomic mass is 9.91. The number of amides is 1. The average molecular weight is 322 g/mol. The number of aromatic amines is 1. The lowest BCUT2D eigenvalue weighted by molar-refractivity contribution is 0.0146. The molecule has 1 aliphatic rings. The fourth-order valence-electron chi connectivity index (χ4n) is 3.04. The van der Waals surface area contributed by atoms with Gasteiger partial charge in [-0.2, -0.15) is 5.10 Å². The van der Waals surface area contributed by atoms with Crippen molar-refractivity contribution in [1.82, 2.24) is 20.4 Å². The van der Waals surface area contributed by atoms with Crippen LogP contribution in [0.25, 0.3) is 0 Å². The number of nitrogens with zero attached hydrogens (tertiary/aromatic N) is 2. The average Bonchev–Trinajstić information content (AvgIpc) is 3.00. The Morgan fingerprint density at radius 3 is 2.83 bits per heavy atom. The minimum absolute atomic E-state index is 0.198. The first-order valence-electron chi connectivity index (χ1n) is 8.49. The van der Waals surface area contributed by atoms with E-state index in [4.69, 9.17) is 4.74 Å². The van der Waals surface area contributed by atoms with E-state index in [1.165, 1.54) is 0 Å². The molecule has 3 atom stereocenters. The van der Waals surface area contributed by atoms with Crippen molar-refractivity contribution in [1.29, 1.82) is 0 Å². The Morgan fingerprint density at radius 2 is 2.22 bits per heavy atom. The number of rotatable bonds is 4. The van der Waals surface area contributed by atoms with Crippen molar-refractivity contribution in [3.05, 3.63) is 18.0 Å². The van der Waals surface area contributed by atoms with Gasteiger partial charge in [-0.15, -0.1) is 0 Å². The molecule has 0 radical (unpaired) electrons. The Labute approximate surface area is 139 Å². The molecule has 130 valence electrons. The highest BCUT2D eigenvalue weighted by atomic mass is 16.6. The molecule has 0 bridgehead atoms. The van der Waals surface area contributed by atoms with Gasteiger partial charge in [0.1, 0.15) is 5.60 Å². The van der Waals surface area contributed by atoms with Crippen LogP contribution < -0.4 is 5.32 Å². The van der Waals surface area contributed by atoms with Crippen molar-refractivity contribution in [3.63, 3.8) is 0 Å². The molecule has 23 heavy (non-hydrogen) atoms. The third kappa shape index (κ3) is 5.23. The molecule has 1 aliphatic heterocycles. The first kappa shape index (κ1) is 17.8. The van der Waals surface area contributed by atoms with Gasteiger partial charge in [-0.05, 0) is 59.4 Å². The molecule has 0 aliphatic carbocycles. The van der Waals surface area contributed by atoms with E-state index >= 15 is 0 Å². The summed E-state index contributed by atoms with van der Waals surface area (Å²) in [5.74, 6) is 0.432. The molecule has 2 N–H and O–H groups in total. The van der Waals surface area contributed by atoms with E-state index in [0.717, 1.165) is 31.6 Å². The van der Waals surface area contributed by atoms with Gasteiger partial charge in [0.25, 0.3) is 0 Å². The Balaban J connectivity index is 1.88. The molecule has 1 fully saturated rings. The normalized spacial score (nSPS) is 21.8. The monoisotopic (exact) mass is 322 g/mol. The lowest BCUT2D eigenvalue weighted by Gasteiger charge is -2.37. The highest BCUT2D eigenvalue weighted by molar-refractivity contribution is 5.68. The minimum atomic E-state index is -0.441. The summed E-state index contributed by atoms with van der Waals surface area (Å²) in [6, 6.07) is 2.51. The fourth-order valence-corrected chi connectivity index (χ4v) is 3.04. The van der Waals surface area contributed by atoms with Gasteiger partial charge in [0.05, 0.1) is 5.69 Å². The predicted octanol–water partition coefficient (Wildman–Crippen LogP) is 3.10. The van der Waals surface area contributed by atoms with Gasteiger partial charge in [-0.25, -0.2) is 4.79 Å². The maximum Gasteiger partial charge on any atom is 0.410 e. The van der Waals surface area contributed by atoms with E-state index in [1.54, 1.807) is 6.20 Å². The Morgan fingerprint density at radius 1 is 1.48 bits per heavy atom. The molecule has 2 rings (SSSR count). The molecule has 1 aromatic rings. The third-order valence-corrected chi connectivity index (χ3v) is 4.32. The smallest absolute Gasteiger partial charge is 0.410 e. The Bertz CT molecular complexity index is 495. The van der Waals surface area contributed by atoms with Gasteiger partial charge >= 0.3 is 6.09 Å². The molecular formula is C17H30N4O2. The standard InChI is InChI=1S/C17H30N4O2/c1-12(19-13(2)15-8-9-18-20-15)14-7-6-10-21(11-14)16(22)23-17(3,4)5/h8-9,12-14,19H,6-7,10-11H2,1-5H3,(H,18,20). The Hall–Kier alpha value is -1.56. The SMILES string of the molecule is CC(NC(C)C1CCCN(C(=O)OC(C)(C)C)C1)c1ccn[nH]1. The molecular weight excluding hydrogens is 292 g/mol. The summed E-state index contributed by atoms with van der Waals surface area (Å²) in [4.78, 5) is 14.1. The number of aromatic nitrogens is 2. The topological polar surface area (TPSA) is 70.2 Å². The number of hydrogen-bond acceptors (Lipinski definition) is 4. The van der Waals surface area contributed by atoms with Crippen LogP contribution in [0.3, 0.4) is 0 Å². The van der Waals surface area contributed by atoms with Gasteiger partial charge in [0.2, 0.25) is 0 Å². The van der Waals surface area contributed by atoms with E-state index in [-0.39, 0.29) is 12.1 Å². The second-order valence-electron chi connectivity index (χ2n) is 7.52. The number of ether oxygens (including phenoxy) is 1. The number of piperidine rings is 1. The molecule has 6 heteroatoms. The Kier molecular flexibility index (Phi) is 5.68. The van der Waals surface area contributed by atoms with Crippen LogP contribution in [-0.4, -0.2) is 45.9 Å². The predicted molar refractivity (Wildman–Crippen MR) is 90.1 cm³/mol. The quantitative estimate of drug-likeness (QED) is 0.893. The zero-order chi connectivity index (χ0) is 17.0. The molecule has 0 aromatic carbocycles. The van der Waals surface area contributed by atoms with Gasteiger partial charge in [0, 0.05) is 31.4 Å². The largest absolute Gasteiger partial charge is 0.444 e. The van der Waals surface area contributed by atoms with Crippen molar-refractivity contribution in [2.24, 2.45) is 5.92 Å². The van der Waals surface area contributed by atoms with Crippen molar-refractivity contribution in [2.45, 2.75) is 65.1 Å². The van der Waals surface area contributed by atoms with Crippen LogP contribution in [0, 0.1) is 5.92 Å². The van der Waals surface area contributed by atoms with Crippen molar-refractivity contribution in [3.8, 4) is 0 Å². The lowest BCUT2D eigenvalue weighted by Crippen LogP contribution is -2.48. The van der Waals surface area contributed by atoms with Gasteiger partial charge < -0.3 is 15.0 Å². The zero-order valence-electron chi connectivity index (χ0n) is 14.9. The molecule has 0 saturated carbocycles. The highest BCUT2D eigenvalue weighted by Crippen LogP contribution is 2.23. The van der Waals surface area contributed by atoms with E-state index in [9.17, 15) is 4.79 Å². The summed E-state index contributed by atoms with van der Waals surface area (Å²) in [5.41, 5.74) is 0.639. The molecule has 6 nitrogen and oxygen atoms in total. The molecule has 1 amide bonds. The van der Waals surface area contributed by atoms with E-state index in [0.29, 0.717) is 12.0 Å².